The maximum Gasteiger partial charge on any atom is 0.322 e. The predicted molar refractivity (Wildman–Crippen MR) is 86.4 cm³/mol. The zero-order valence-corrected chi connectivity index (χ0v) is 14.0. The molecular formula is C13H23N3O7S. The molecule has 1 unspecified atom stereocenters. The minimum absolute atomic E-state index is 0.0918. The average Bonchev–Trinajstić information content (AvgIpc) is 2.48. The van der Waals surface area contributed by atoms with Gasteiger partial charge < -0.3 is 31.7 Å². The fourth-order valence-electron chi connectivity index (χ4n) is 1.50. The van der Waals surface area contributed by atoms with E-state index in [1.807, 2.05) is 0 Å². The summed E-state index contributed by atoms with van der Waals surface area (Å²) in [5.41, 5.74) is 5.29. The first-order valence-corrected chi connectivity index (χ1v) is 8.32. The average molecular weight is 365 g/mol. The normalized spacial score (nSPS) is 14.3. The van der Waals surface area contributed by atoms with Gasteiger partial charge in [-0.2, -0.15) is 11.8 Å². The fourth-order valence-corrected chi connectivity index (χ4v) is 2.45. The molecule has 11 heteroatoms. The van der Waals surface area contributed by atoms with Gasteiger partial charge in [0.25, 0.3) is 0 Å². The quantitative estimate of drug-likeness (QED) is 0.227. The zero-order valence-electron chi connectivity index (χ0n) is 13.2. The lowest BCUT2D eigenvalue weighted by Gasteiger charge is -2.18. The van der Waals surface area contributed by atoms with Crippen LogP contribution in [0.3, 0.4) is 0 Å². The molecule has 0 aromatic rings. The largest absolute Gasteiger partial charge is 0.480 e. The lowest BCUT2D eigenvalue weighted by molar-refractivity contribution is -0.139. The summed E-state index contributed by atoms with van der Waals surface area (Å²) in [4.78, 5) is 44.8. The Balaban J connectivity index is 4.55. The molecule has 0 bridgehead atoms. The second kappa shape index (κ2) is 11.6. The maximum absolute atomic E-state index is 11.9. The van der Waals surface area contributed by atoms with E-state index in [0.29, 0.717) is 5.75 Å². The van der Waals surface area contributed by atoms with Gasteiger partial charge in [-0.25, -0.2) is 0 Å². The molecule has 0 heterocycles. The number of aliphatic hydroxyl groups is 1. The van der Waals surface area contributed by atoms with Crippen LogP contribution >= 0.6 is 11.8 Å². The summed E-state index contributed by atoms with van der Waals surface area (Å²) < 4.78 is 0. The van der Waals surface area contributed by atoms with Crippen molar-refractivity contribution in [3.8, 4) is 0 Å². The molecule has 10 nitrogen and oxygen atoms in total. The summed E-state index contributed by atoms with van der Waals surface area (Å²) in [6, 6.07) is -2.18. The summed E-state index contributed by atoms with van der Waals surface area (Å²) in [5, 5.41) is 31.0. The zero-order chi connectivity index (χ0) is 18.7. The molecule has 3 atom stereocenters. The van der Waals surface area contributed by atoms with Crippen molar-refractivity contribution >= 4 is 35.5 Å². The van der Waals surface area contributed by atoms with Gasteiger partial charge in [-0.15, -0.1) is 0 Å². The lowest BCUT2D eigenvalue weighted by atomic mass is 10.1. The van der Waals surface area contributed by atoms with Gasteiger partial charge in [0.2, 0.25) is 11.8 Å². The summed E-state index contributed by atoms with van der Waals surface area (Å²) in [7, 11) is 0. The molecule has 0 aliphatic carbocycles. The molecule has 0 aliphatic rings. The number of nitrogens with two attached hydrogens (primary N) is 1. The highest BCUT2D eigenvalue weighted by Crippen LogP contribution is 2.06. The Morgan fingerprint density at radius 3 is 2.29 bits per heavy atom. The third-order valence-corrected chi connectivity index (χ3v) is 4.00. The van der Waals surface area contributed by atoms with E-state index in [2.05, 4.69) is 10.6 Å². The van der Waals surface area contributed by atoms with Crippen LogP contribution in [-0.4, -0.2) is 75.3 Å². The lowest BCUT2D eigenvalue weighted by Crippen LogP contribution is -2.49. The molecule has 24 heavy (non-hydrogen) atoms. The van der Waals surface area contributed by atoms with E-state index < -0.39 is 48.5 Å². The van der Waals surface area contributed by atoms with E-state index in [9.17, 15) is 24.3 Å². The molecule has 0 rings (SSSR count). The highest BCUT2D eigenvalue weighted by Gasteiger charge is 2.22. The number of amides is 2. The van der Waals surface area contributed by atoms with Gasteiger partial charge in [0.15, 0.2) is 0 Å². The van der Waals surface area contributed by atoms with Crippen LogP contribution in [0, 0.1) is 0 Å². The van der Waals surface area contributed by atoms with E-state index in [1.165, 1.54) is 11.8 Å². The van der Waals surface area contributed by atoms with Crippen molar-refractivity contribution in [3.05, 3.63) is 0 Å². The van der Waals surface area contributed by atoms with Crippen molar-refractivity contribution in [3.63, 3.8) is 0 Å². The van der Waals surface area contributed by atoms with Gasteiger partial charge >= 0.3 is 11.9 Å². The van der Waals surface area contributed by atoms with Crippen molar-refractivity contribution in [1.29, 1.82) is 0 Å². The highest BCUT2D eigenvalue weighted by molar-refractivity contribution is 7.99. The van der Waals surface area contributed by atoms with Crippen molar-refractivity contribution < 1.29 is 34.5 Å². The fraction of sp³-hybridized carbons (Fsp3) is 0.692. The molecule has 0 spiro atoms. The van der Waals surface area contributed by atoms with Crippen molar-refractivity contribution in [1.82, 2.24) is 10.6 Å². The first-order valence-electron chi connectivity index (χ1n) is 7.16. The molecule has 138 valence electrons. The van der Waals surface area contributed by atoms with Crippen LogP contribution in [-0.2, 0) is 19.2 Å². The number of rotatable bonds is 12. The second-order valence-electron chi connectivity index (χ2n) is 5.10. The Hall–Kier alpha value is -1.85. The third kappa shape index (κ3) is 10.8. The topological polar surface area (TPSA) is 179 Å². The van der Waals surface area contributed by atoms with Crippen molar-refractivity contribution in [2.24, 2.45) is 5.73 Å². The van der Waals surface area contributed by atoms with Crippen molar-refractivity contribution in [2.75, 3.05) is 18.1 Å². The summed E-state index contributed by atoms with van der Waals surface area (Å²) in [6.07, 6.45) is -0.870. The molecule has 0 fully saturated rings. The summed E-state index contributed by atoms with van der Waals surface area (Å²) in [5.74, 6) is -3.23. The molecule has 0 saturated heterocycles. The van der Waals surface area contributed by atoms with E-state index >= 15 is 0 Å². The van der Waals surface area contributed by atoms with Crippen LogP contribution in [0.2, 0.25) is 0 Å². The summed E-state index contributed by atoms with van der Waals surface area (Å²) >= 11 is 1.21. The SMILES string of the molecule is CC(O)CSC[C@H](NC(=O)CC[C@H](N)C(=O)O)C(=O)NCC(=O)O. The number of carbonyl (C=O) groups is 4. The predicted octanol–water partition coefficient (Wildman–Crippen LogP) is -2.02. The van der Waals surface area contributed by atoms with E-state index in [1.54, 1.807) is 6.92 Å². The number of thioether (sulfide) groups is 1. The minimum Gasteiger partial charge on any atom is -0.480 e. The minimum atomic E-state index is -1.23. The van der Waals surface area contributed by atoms with Crippen LogP contribution in [0.25, 0.3) is 0 Å². The summed E-state index contributed by atoms with van der Waals surface area (Å²) in [6.45, 7) is 0.981. The van der Waals surface area contributed by atoms with E-state index in [-0.39, 0.29) is 18.6 Å². The smallest absolute Gasteiger partial charge is 0.322 e. The van der Waals surface area contributed by atoms with Crippen LogP contribution in [0.15, 0.2) is 0 Å². The molecule has 0 saturated carbocycles. The first-order chi connectivity index (χ1) is 11.1. The van der Waals surface area contributed by atoms with E-state index in [0.717, 1.165) is 0 Å². The Bertz CT molecular complexity index is 459. The van der Waals surface area contributed by atoms with Gasteiger partial charge in [-0.05, 0) is 13.3 Å². The first kappa shape index (κ1) is 22.1. The molecule has 7 N–H and O–H groups in total. The van der Waals surface area contributed by atoms with Gasteiger partial charge in [-0.3, -0.25) is 19.2 Å². The molecule has 0 radical (unpaired) electrons. The van der Waals surface area contributed by atoms with E-state index in [4.69, 9.17) is 15.9 Å². The number of hydrogen-bond donors (Lipinski definition) is 6. The van der Waals surface area contributed by atoms with Crippen LogP contribution < -0.4 is 16.4 Å². The number of nitrogens with one attached hydrogen (secondary N) is 2. The number of aliphatic hydroxyl groups excluding tert-OH is 1. The number of hydrogen-bond acceptors (Lipinski definition) is 7. The second-order valence-corrected chi connectivity index (χ2v) is 6.18. The molecule has 0 aromatic carbocycles. The van der Waals surface area contributed by atoms with Gasteiger partial charge in [0.05, 0.1) is 6.10 Å². The van der Waals surface area contributed by atoms with Gasteiger partial charge in [-0.1, -0.05) is 0 Å². The Kier molecular flexibility index (Phi) is 10.8. The molecule has 0 aliphatic heterocycles. The number of carboxylic acids is 2. The number of carboxylic acid groups (broad SMARTS) is 2. The number of aliphatic carboxylic acids is 2. The van der Waals surface area contributed by atoms with Crippen LogP contribution in [0.5, 0.6) is 0 Å². The Morgan fingerprint density at radius 1 is 1.17 bits per heavy atom. The third-order valence-electron chi connectivity index (χ3n) is 2.71. The Morgan fingerprint density at radius 2 is 1.79 bits per heavy atom. The molecule has 0 aromatic heterocycles. The van der Waals surface area contributed by atoms with Crippen molar-refractivity contribution in [2.45, 2.75) is 38.0 Å². The maximum atomic E-state index is 11.9. The highest BCUT2D eigenvalue weighted by atomic mass is 32.2. The van der Waals surface area contributed by atoms with Gasteiger partial charge in [0, 0.05) is 17.9 Å². The van der Waals surface area contributed by atoms with Gasteiger partial charge in [0.1, 0.15) is 18.6 Å². The van der Waals surface area contributed by atoms with Crippen LogP contribution in [0.1, 0.15) is 19.8 Å². The van der Waals surface area contributed by atoms with Crippen LogP contribution in [0.4, 0.5) is 0 Å². The molecule has 2 amide bonds. The standard InChI is InChI=1S/C13H23N3O7S/c1-7(17)5-24-6-9(12(21)15-4-11(19)20)16-10(18)3-2-8(14)13(22)23/h7-9,17H,2-6,14H2,1H3,(H,15,21)(H,16,18)(H,19,20)(H,22,23)/t7?,8-,9-/m0/s1. The Labute approximate surface area is 143 Å². The number of carbonyl (C=O) groups excluding carboxylic acids is 2. The molecular weight excluding hydrogens is 342 g/mol. The monoisotopic (exact) mass is 365 g/mol.